The minimum atomic E-state index is -0.113. The van der Waals surface area contributed by atoms with Crippen LogP contribution in [0.4, 0.5) is 4.39 Å². The largest absolute Gasteiger partial charge is 0.359 e. The second-order valence-corrected chi connectivity index (χ2v) is 5.07. The number of hydrogen-bond acceptors (Lipinski definition) is 2. The molecule has 0 saturated carbocycles. The number of aromatic nitrogens is 2. The van der Waals surface area contributed by atoms with E-state index in [1.165, 1.54) is 12.5 Å². The molecule has 1 amide bonds. The summed E-state index contributed by atoms with van der Waals surface area (Å²) in [5, 5.41) is 7.73. The van der Waals surface area contributed by atoms with E-state index in [1.807, 2.05) is 20.2 Å². The van der Waals surface area contributed by atoms with Crippen molar-refractivity contribution in [2.45, 2.75) is 26.7 Å². The summed E-state index contributed by atoms with van der Waals surface area (Å²) in [5.41, 5.74) is 3.92. The second kappa shape index (κ2) is 6.08. The fourth-order valence-electron chi connectivity index (χ4n) is 2.58. The van der Waals surface area contributed by atoms with E-state index in [0.717, 1.165) is 34.9 Å². The monoisotopic (exact) mass is 289 g/mol. The van der Waals surface area contributed by atoms with Crippen molar-refractivity contribution in [3.8, 4) is 0 Å². The van der Waals surface area contributed by atoms with Crippen molar-refractivity contribution in [2.24, 2.45) is 7.05 Å². The highest BCUT2D eigenvalue weighted by Crippen LogP contribution is 2.38. The van der Waals surface area contributed by atoms with Crippen molar-refractivity contribution in [3.05, 3.63) is 35.3 Å². The van der Waals surface area contributed by atoms with Crippen LogP contribution in [0.15, 0.2) is 18.3 Å². The first-order chi connectivity index (χ1) is 9.97. The average Bonchev–Trinajstić information content (AvgIpc) is 3.02. The Hall–Kier alpha value is -2.17. The molecule has 1 aliphatic carbocycles. The third kappa shape index (κ3) is 2.96. The molecule has 0 bridgehead atoms. The number of benzene rings is 1. The molecule has 0 atom stereocenters. The number of carbonyl (C=O) groups is 1. The molecule has 0 aliphatic heterocycles. The zero-order chi connectivity index (χ0) is 15.6. The lowest BCUT2D eigenvalue weighted by molar-refractivity contribution is -0.118. The lowest BCUT2D eigenvalue weighted by Gasteiger charge is -2.03. The highest BCUT2D eigenvalue weighted by molar-refractivity contribution is 5.95. The minimum absolute atomic E-state index is 0.00463. The van der Waals surface area contributed by atoms with Gasteiger partial charge in [-0.3, -0.25) is 9.48 Å². The lowest BCUT2D eigenvalue weighted by Crippen LogP contribution is -2.11. The molecule has 2 aromatic rings. The number of fused-ring (bicyclic) bond motifs is 3. The van der Waals surface area contributed by atoms with Crippen LogP contribution in [0, 0.1) is 5.82 Å². The topological polar surface area (TPSA) is 46.9 Å². The molecule has 1 aliphatic rings. The highest BCUT2D eigenvalue weighted by atomic mass is 19.1. The molecule has 0 saturated heterocycles. The fraction of sp³-hybridized carbons (Fsp3) is 0.375. The summed E-state index contributed by atoms with van der Waals surface area (Å²) < 4.78 is 15.6. The Morgan fingerprint density at radius 2 is 2.14 bits per heavy atom. The van der Waals surface area contributed by atoms with Crippen molar-refractivity contribution in [3.63, 3.8) is 0 Å². The number of nitrogens with zero attached hydrogens (tertiary/aromatic N) is 2. The van der Waals surface area contributed by atoms with Crippen LogP contribution in [0.25, 0.3) is 16.5 Å². The normalized spacial score (nSPS) is 14.8. The fourth-order valence-corrected chi connectivity index (χ4v) is 2.58. The molecule has 4 nitrogen and oxygen atoms in total. The maximum absolute atomic E-state index is 13.9. The number of amides is 1. The van der Waals surface area contributed by atoms with E-state index < -0.39 is 0 Å². The van der Waals surface area contributed by atoms with Gasteiger partial charge in [-0.1, -0.05) is 6.08 Å². The van der Waals surface area contributed by atoms with Gasteiger partial charge >= 0.3 is 0 Å². The van der Waals surface area contributed by atoms with Gasteiger partial charge in [0.1, 0.15) is 5.82 Å². The van der Waals surface area contributed by atoms with Gasteiger partial charge in [0.15, 0.2) is 0 Å². The number of nitrogens with one attached hydrogen (secondary N) is 1. The molecule has 0 radical (unpaired) electrons. The van der Waals surface area contributed by atoms with Crippen LogP contribution in [0.2, 0.25) is 0 Å². The number of aryl methyl sites for hydroxylation is 1. The van der Waals surface area contributed by atoms with Crippen LogP contribution in [-0.4, -0.2) is 22.7 Å². The maximum Gasteiger partial charge on any atom is 0.216 e. The molecule has 0 fully saturated rings. The molecule has 0 unspecified atom stereocenters. The molecule has 21 heavy (non-hydrogen) atoms. The van der Waals surface area contributed by atoms with Crippen LogP contribution in [-0.2, 0) is 18.3 Å². The predicted molar refractivity (Wildman–Crippen MR) is 82.4 cm³/mol. The molecule has 1 N–H and O–H groups in total. The van der Waals surface area contributed by atoms with E-state index >= 15 is 0 Å². The van der Waals surface area contributed by atoms with Gasteiger partial charge < -0.3 is 5.32 Å². The average molecular weight is 289 g/mol. The van der Waals surface area contributed by atoms with Crippen molar-refractivity contribution in [2.75, 3.05) is 7.05 Å². The molecule has 1 aromatic carbocycles. The van der Waals surface area contributed by atoms with Crippen LogP contribution in [0.5, 0.6) is 0 Å². The van der Waals surface area contributed by atoms with E-state index in [-0.39, 0.29) is 11.7 Å². The second-order valence-electron chi connectivity index (χ2n) is 5.07. The molecule has 1 heterocycles. The Balaban J connectivity index is 0.000000282. The molecular weight excluding hydrogens is 269 g/mol. The van der Waals surface area contributed by atoms with Crippen molar-refractivity contribution < 1.29 is 9.18 Å². The van der Waals surface area contributed by atoms with E-state index in [4.69, 9.17) is 0 Å². The number of allylic oxidation sites excluding steroid dienone is 2. The third-order valence-corrected chi connectivity index (χ3v) is 3.65. The smallest absolute Gasteiger partial charge is 0.216 e. The van der Waals surface area contributed by atoms with Gasteiger partial charge in [-0.25, -0.2) is 4.39 Å². The Morgan fingerprint density at radius 1 is 1.48 bits per heavy atom. The summed E-state index contributed by atoms with van der Waals surface area (Å²) in [6.07, 6.45) is 5.81. The number of carbonyl (C=O) groups excluding carboxylic acids is 1. The maximum atomic E-state index is 13.9. The van der Waals surface area contributed by atoms with Gasteiger partial charge in [0, 0.05) is 38.7 Å². The van der Waals surface area contributed by atoms with Crippen molar-refractivity contribution in [1.82, 2.24) is 15.1 Å². The molecule has 1 aromatic heterocycles. The lowest BCUT2D eigenvalue weighted by atomic mass is 10.0. The summed E-state index contributed by atoms with van der Waals surface area (Å²) in [5.74, 6) is -0.108. The van der Waals surface area contributed by atoms with Crippen molar-refractivity contribution >= 4 is 22.4 Å². The number of halogens is 1. The standard InChI is InChI=1S/C13H13FN2.C3H7NO/c1-3-8-4-5-9-11(14)6-12-10(13(8)9)7-16(2)15-12;1-3(5)4-2/h3,6-7H,4-5H2,1-2H3;1-2H3,(H,4,5)/b8-3+;. The number of rotatable bonds is 0. The van der Waals surface area contributed by atoms with Crippen LogP contribution < -0.4 is 5.32 Å². The van der Waals surface area contributed by atoms with E-state index in [0.29, 0.717) is 0 Å². The van der Waals surface area contributed by atoms with Gasteiger partial charge in [0.05, 0.1) is 5.52 Å². The molecule has 112 valence electrons. The van der Waals surface area contributed by atoms with E-state index in [9.17, 15) is 9.18 Å². The SMILES string of the molecule is C/C=C1\CCc2c(F)cc3nn(C)cc3c21.CNC(C)=O. The summed E-state index contributed by atoms with van der Waals surface area (Å²) in [6.45, 7) is 3.48. The molecule has 3 rings (SSSR count). The predicted octanol–water partition coefficient (Wildman–Crippen LogP) is 2.81. The summed E-state index contributed by atoms with van der Waals surface area (Å²) in [6, 6.07) is 1.55. The van der Waals surface area contributed by atoms with Gasteiger partial charge in [-0.05, 0) is 36.5 Å². The highest BCUT2D eigenvalue weighted by Gasteiger charge is 2.23. The van der Waals surface area contributed by atoms with Gasteiger partial charge in [0.2, 0.25) is 5.91 Å². The number of hydrogen-bond donors (Lipinski definition) is 1. The first-order valence-corrected chi connectivity index (χ1v) is 6.96. The first-order valence-electron chi connectivity index (χ1n) is 6.96. The first kappa shape index (κ1) is 15.2. The Bertz CT molecular complexity index is 716. The molecule has 5 heteroatoms. The molecule has 0 spiro atoms. The van der Waals surface area contributed by atoms with E-state index in [2.05, 4.69) is 16.5 Å². The van der Waals surface area contributed by atoms with Gasteiger partial charge in [-0.2, -0.15) is 5.10 Å². The van der Waals surface area contributed by atoms with E-state index in [1.54, 1.807) is 17.8 Å². The minimum Gasteiger partial charge on any atom is -0.359 e. The van der Waals surface area contributed by atoms with Crippen LogP contribution >= 0.6 is 0 Å². The summed E-state index contributed by atoms with van der Waals surface area (Å²) in [7, 11) is 3.47. The Morgan fingerprint density at radius 3 is 2.71 bits per heavy atom. The quantitative estimate of drug-likeness (QED) is 0.810. The van der Waals surface area contributed by atoms with Gasteiger partial charge in [-0.15, -0.1) is 0 Å². The van der Waals surface area contributed by atoms with Crippen molar-refractivity contribution in [1.29, 1.82) is 0 Å². The zero-order valence-corrected chi connectivity index (χ0v) is 12.8. The van der Waals surface area contributed by atoms with Crippen LogP contribution in [0.3, 0.4) is 0 Å². The van der Waals surface area contributed by atoms with Crippen LogP contribution in [0.1, 0.15) is 31.4 Å². The molecular formula is C16H20FN3O. The Labute approximate surface area is 123 Å². The zero-order valence-electron chi connectivity index (χ0n) is 12.8. The summed E-state index contributed by atoms with van der Waals surface area (Å²) in [4.78, 5) is 9.70. The Kier molecular flexibility index (Phi) is 4.40. The third-order valence-electron chi connectivity index (χ3n) is 3.65. The summed E-state index contributed by atoms with van der Waals surface area (Å²) >= 11 is 0. The van der Waals surface area contributed by atoms with Gasteiger partial charge in [0.25, 0.3) is 0 Å².